The van der Waals surface area contributed by atoms with Crippen LogP contribution in [0.3, 0.4) is 0 Å². The number of aliphatic hydroxyl groups is 1. The molecule has 25 heavy (non-hydrogen) atoms. The molecule has 0 aliphatic carbocycles. The van der Waals surface area contributed by atoms with Crippen molar-refractivity contribution in [3.8, 4) is 0 Å². The van der Waals surface area contributed by atoms with Gasteiger partial charge in [0.2, 0.25) is 5.89 Å². The summed E-state index contributed by atoms with van der Waals surface area (Å²) in [4.78, 5) is 4.10. The molecule has 0 aliphatic heterocycles. The van der Waals surface area contributed by atoms with Crippen molar-refractivity contribution in [3.05, 3.63) is 54.8 Å². The minimum atomic E-state index is -0.601. The molecule has 0 aromatic carbocycles. The molecule has 0 spiro atoms. The highest BCUT2D eigenvalue weighted by molar-refractivity contribution is 5.27. The van der Waals surface area contributed by atoms with Crippen molar-refractivity contribution in [2.45, 2.75) is 72.8 Å². The topological polar surface area (TPSA) is 46.3 Å². The lowest BCUT2D eigenvalue weighted by Gasteiger charge is -2.36. The predicted octanol–water partition coefficient (Wildman–Crippen LogP) is 6.32. The monoisotopic (exact) mass is 345 g/mol. The van der Waals surface area contributed by atoms with E-state index < -0.39 is 6.10 Å². The molecule has 1 rings (SSSR count). The Bertz CT molecular complexity index is 593. The van der Waals surface area contributed by atoms with Gasteiger partial charge in [-0.25, -0.2) is 4.98 Å². The first-order valence-corrected chi connectivity index (χ1v) is 9.17. The molecule has 0 saturated heterocycles. The van der Waals surface area contributed by atoms with Crippen molar-refractivity contribution >= 4 is 0 Å². The summed E-state index contributed by atoms with van der Waals surface area (Å²) in [5, 5.41) is 10.1. The second-order valence-corrected chi connectivity index (χ2v) is 8.36. The summed E-state index contributed by atoms with van der Waals surface area (Å²) in [6, 6.07) is 0. The Balaban J connectivity index is 2.48. The molecule has 1 heterocycles. The standard InChI is InChI=1S/C22H35NO2/c1-8-12-18(9-2)22(6,7)16-21(4,5)14-11-10-13-19(24)20-23-15-17(3)25-20/h8-9,12,15,19,24H,1-2,10-11,13-14,16H2,3-7H3/b18-12+. The number of hydrogen-bond acceptors (Lipinski definition) is 3. The average Bonchev–Trinajstić information content (AvgIpc) is 2.94. The third-order valence-electron chi connectivity index (χ3n) is 4.72. The summed E-state index contributed by atoms with van der Waals surface area (Å²) in [5.41, 5.74) is 1.51. The zero-order valence-electron chi connectivity index (χ0n) is 16.6. The van der Waals surface area contributed by atoms with E-state index in [-0.39, 0.29) is 10.8 Å². The highest BCUT2D eigenvalue weighted by Crippen LogP contribution is 2.42. The summed E-state index contributed by atoms with van der Waals surface area (Å²) in [6.45, 7) is 18.7. The third-order valence-corrected chi connectivity index (χ3v) is 4.72. The van der Waals surface area contributed by atoms with E-state index in [1.165, 1.54) is 5.57 Å². The van der Waals surface area contributed by atoms with Crippen LogP contribution in [0.25, 0.3) is 0 Å². The molecule has 0 radical (unpaired) electrons. The van der Waals surface area contributed by atoms with Gasteiger partial charge >= 0.3 is 0 Å². The van der Waals surface area contributed by atoms with E-state index in [1.807, 2.05) is 19.1 Å². The van der Waals surface area contributed by atoms with Gasteiger partial charge in [-0.15, -0.1) is 0 Å². The minimum Gasteiger partial charge on any atom is -0.443 e. The van der Waals surface area contributed by atoms with E-state index in [9.17, 15) is 5.11 Å². The van der Waals surface area contributed by atoms with E-state index >= 15 is 0 Å². The maximum Gasteiger partial charge on any atom is 0.223 e. The van der Waals surface area contributed by atoms with Gasteiger partial charge in [0.15, 0.2) is 0 Å². The maximum absolute atomic E-state index is 10.1. The SMILES string of the molecule is C=C/C=C(\C=C)C(C)(C)CC(C)(C)CCCCC(O)c1ncc(C)o1. The Hall–Kier alpha value is -1.61. The maximum atomic E-state index is 10.1. The number of aromatic nitrogens is 1. The number of oxazole rings is 1. The fraction of sp³-hybridized carbons (Fsp3) is 0.591. The van der Waals surface area contributed by atoms with Crippen LogP contribution >= 0.6 is 0 Å². The molecule has 3 nitrogen and oxygen atoms in total. The first-order chi connectivity index (χ1) is 11.6. The van der Waals surface area contributed by atoms with E-state index in [4.69, 9.17) is 4.42 Å². The normalized spacial score (nSPS) is 14.4. The van der Waals surface area contributed by atoms with E-state index in [0.717, 1.165) is 31.4 Å². The Morgan fingerprint density at radius 1 is 1.28 bits per heavy atom. The lowest BCUT2D eigenvalue weighted by atomic mass is 9.69. The molecule has 0 bridgehead atoms. The molecule has 1 aromatic heterocycles. The van der Waals surface area contributed by atoms with Crippen molar-refractivity contribution in [2.24, 2.45) is 10.8 Å². The molecule has 1 unspecified atom stereocenters. The molecule has 1 aromatic rings. The van der Waals surface area contributed by atoms with Crippen LogP contribution in [0.5, 0.6) is 0 Å². The first kappa shape index (κ1) is 21.4. The fourth-order valence-electron chi connectivity index (χ4n) is 3.67. The van der Waals surface area contributed by atoms with Gasteiger partial charge in [0.1, 0.15) is 11.9 Å². The van der Waals surface area contributed by atoms with Gasteiger partial charge in [-0.2, -0.15) is 0 Å². The number of allylic oxidation sites excluding steroid dienone is 4. The van der Waals surface area contributed by atoms with Crippen LogP contribution in [-0.2, 0) is 0 Å². The summed E-state index contributed by atoms with van der Waals surface area (Å²) < 4.78 is 5.39. The molecule has 140 valence electrons. The molecule has 0 amide bonds. The molecular weight excluding hydrogens is 310 g/mol. The van der Waals surface area contributed by atoms with Gasteiger partial charge in [-0.05, 0) is 42.6 Å². The van der Waals surface area contributed by atoms with Gasteiger partial charge in [0, 0.05) is 0 Å². The zero-order chi connectivity index (χ0) is 19.1. The fourth-order valence-corrected chi connectivity index (χ4v) is 3.67. The number of unbranched alkanes of at least 4 members (excludes halogenated alkanes) is 1. The van der Waals surface area contributed by atoms with Crippen LogP contribution in [0, 0.1) is 17.8 Å². The molecule has 3 heteroatoms. The lowest BCUT2D eigenvalue weighted by Crippen LogP contribution is -2.24. The second-order valence-electron chi connectivity index (χ2n) is 8.36. The molecular formula is C22H35NO2. The lowest BCUT2D eigenvalue weighted by molar-refractivity contribution is 0.126. The Morgan fingerprint density at radius 2 is 1.96 bits per heavy atom. The van der Waals surface area contributed by atoms with Crippen molar-refractivity contribution in [1.82, 2.24) is 4.98 Å². The Kier molecular flexibility index (Phi) is 7.88. The molecule has 1 atom stereocenters. The van der Waals surface area contributed by atoms with Crippen molar-refractivity contribution in [1.29, 1.82) is 0 Å². The van der Waals surface area contributed by atoms with Crippen LogP contribution in [0.1, 0.15) is 77.6 Å². The summed E-state index contributed by atoms with van der Waals surface area (Å²) in [6.07, 6.45) is 11.8. The quantitative estimate of drug-likeness (QED) is 0.377. The van der Waals surface area contributed by atoms with Crippen LogP contribution in [0.4, 0.5) is 0 Å². The minimum absolute atomic E-state index is 0.0641. The zero-order valence-corrected chi connectivity index (χ0v) is 16.6. The number of nitrogens with zero attached hydrogens (tertiary/aromatic N) is 1. The van der Waals surface area contributed by atoms with Crippen LogP contribution < -0.4 is 0 Å². The third kappa shape index (κ3) is 7.03. The number of rotatable bonds is 11. The van der Waals surface area contributed by atoms with Crippen molar-refractivity contribution < 1.29 is 9.52 Å². The van der Waals surface area contributed by atoms with Gasteiger partial charge in [0.05, 0.1) is 6.20 Å². The number of hydrogen-bond donors (Lipinski definition) is 1. The van der Waals surface area contributed by atoms with Gasteiger partial charge in [-0.3, -0.25) is 0 Å². The molecule has 0 aliphatic rings. The highest BCUT2D eigenvalue weighted by atomic mass is 16.4. The van der Waals surface area contributed by atoms with Gasteiger partial charge in [0.25, 0.3) is 0 Å². The Labute approximate surface area is 153 Å². The largest absolute Gasteiger partial charge is 0.443 e. The van der Waals surface area contributed by atoms with Gasteiger partial charge < -0.3 is 9.52 Å². The van der Waals surface area contributed by atoms with E-state index in [0.29, 0.717) is 12.3 Å². The number of aliphatic hydroxyl groups excluding tert-OH is 1. The molecule has 0 fully saturated rings. The molecule has 0 saturated carbocycles. The van der Waals surface area contributed by atoms with E-state index in [1.54, 1.807) is 6.20 Å². The molecule has 1 N–H and O–H groups in total. The van der Waals surface area contributed by atoms with Gasteiger partial charge in [-0.1, -0.05) is 71.9 Å². The van der Waals surface area contributed by atoms with Crippen molar-refractivity contribution in [2.75, 3.05) is 0 Å². The smallest absolute Gasteiger partial charge is 0.223 e. The first-order valence-electron chi connectivity index (χ1n) is 9.17. The average molecular weight is 346 g/mol. The summed E-state index contributed by atoms with van der Waals surface area (Å²) >= 11 is 0. The predicted molar refractivity (Wildman–Crippen MR) is 105 cm³/mol. The van der Waals surface area contributed by atoms with Crippen LogP contribution in [0.15, 0.2) is 47.6 Å². The second kappa shape index (κ2) is 9.19. The van der Waals surface area contributed by atoms with Crippen LogP contribution in [-0.4, -0.2) is 10.1 Å². The Morgan fingerprint density at radius 3 is 2.48 bits per heavy atom. The van der Waals surface area contributed by atoms with E-state index in [2.05, 4.69) is 51.9 Å². The van der Waals surface area contributed by atoms with Crippen molar-refractivity contribution in [3.63, 3.8) is 0 Å². The highest BCUT2D eigenvalue weighted by Gasteiger charge is 2.30. The van der Waals surface area contributed by atoms with Crippen LogP contribution in [0.2, 0.25) is 0 Å². The number of aryl methyl sites for hydroxylation is 1. The summed E-state index contributed by atoms with van der Waals surface area (Å²) in [5.74, 6) is 1.17. The summed E-state index contributed by atoms with van der Waals surface area (Å²) in [7, 11) is 0.